The SMILES string of the molecule is Cc1ccc(C(=O)C2=C(O)C(=O)N(c3nc4ccc(F)cc4s3)C2c2ccc(F)cc2)o1. The number of furan rings is 1. The molecule has 0 aliphatic carbocycles. The molecule has 0 fully saturated rings. The van der Waals surface area contributed by atoms with Gasteiger partial charge in [0, 0.05) is 0 Å². The summed E-state index contributed by atoms with van der Waals surface area (Å²) in [4.78, 5) is 31.9. The van der Waals surface area contributed by atoms with E-state index in [0.717, 1.165) is 16.2 Å². The molecule has 9 heteroatoms. The van der Waals surface area contributed by atoms with Gasteiger partial charge in [-0.3, -0.25) is 14.5 Å². The third kappa shape index (κ3) is 3.18. The van der Waals surface area contributed by atoms with E-state index in [1.807, 2.05) is 0 Å². The zero-order chi connectivity index (χ0) is 22.6. The average Bonchev–Trinajstić information content (AvgIpc) is 3.44. The van der Waals surface area contributed by atoms with Crippen LogP contribution >= 0.6 is 11.3 Å². The first-order valence-electron chi connectivity index (χ1n) is 9.53. The molecule has 2 aromatic carbocycles. The highest BCUT2D eigenvalue weighted by Crippen LogP contribution is 2.44. The van der Waals surface area contributed by atoms with E-state index in [2.05, 4.69) is 4.98 Å². The van der Waals surface area contributed by atoms with Gasteiger partial charge in [0.05, 0.1) is 21.8 Å². The first-order valence-corrected chi connectivity index (χ1v) is 10.3. The normalized spacial score (nSPS) is 16.4. The van der Waals surface area contributed by atoms with Gasteiger partial charge in [-0.05, 0) is 55.0 Å². The second kappa shape index (κ2) is 7.38. The van der Waals surface area contributed by atoms with E-state index in [0.29, 0.717) is 21.5 Å². The number of hydrogen-bond donors (Lipinski definition) is 1. The maximum absolute atomic E-state index is 13.7. The summed E-state index contributed by atoms with van der Waals surface area (Å²) in [5, 5.41) is 10.9. The highest BCUT2D eigenvalue weighted by atomic mass is 32.1. The molecule has 5 rings (SSSR count). The molecule has 3 heterocycles. The molecule has 1 aliphatic rings. The third-order valence-corrected chi connectivity index (χ3v) is 6.17. The number of carbonyl (C=O) groups excluding carboxylic acids is 2. The molecule has 32 heavy (non-hydrogen) atoms. The standard InChI is InChI=1S/C23H14F2N2O4S/c1-11-2-9-16(31-11)20(28)18-19(12-3-5-13(24)6-4-12)27(22(30)21(18)29)23-26-15-8-7-14(25)10-17(15)32-23/h2-10,19,29H,1H3. The minimum atomic E-state index is -1.08. The van der Waals surface area contributed by atoms with E-state index in [4.69, 9.17) is 4.42 Å². The Kier molecular flexibility index (Phi) is 4.63. The monoisotopic (exact) mass is 452 g/mol. The molecule has 1 amide bonds. The molecule has 0 bridgehead atoms. The second-order valence-electron chi connectivity index (χ2n) is 7.24. The maximum atomic E-state index is 13.7. The molecule has 0 spiro atoms. The molecule has 1 atom stereocenters. The van der Waals surface area contributed by atoms with E-state index >= 15 is 0 Å². The Bertz CT molecular complexity index is 1420. The minimum Gasteiger partial charge on any atom is -0.503 e. The van der Waals surface area contributed by atoms with Gasteiger partial charge < -0.3 is 9.52 Å². The van der Waals surface area contributed by atoms with Crippen LogP contribution < -0.4 is 4.90 Å². The van der Waals surface area contributed by atoms with Crippen molar-refractivity contribution in [1.29, 1.82) is 0 Å². The molecular weight excluding hydrogens is 438 g/mol. The predicted molar refractivity (Wildman–Crippen MR) is 114 cm³/mol. The number of hydrogen-bond acceptors (Lipinski definition) is 6. The molecular formula is C23H14F2N2O4S. The van der Waals surface area contributed by atoms with Crippen LogP contribution in [0.1, 0.15) is 27.9 Å². The highest BCUT2D eigenvalue weighted by Gasteiger charge is 2.46. The molecule has 1 aliphatic heterocycles. The van der Waals surface area contributed by atoms with Crippen molar-refractivity contribution < 1.29 is 27.9 Å². The van der Waals surface area contributed by atoms with E-state index in [1.54, 1.807) is 13.0 Å². The summed E-state index contributed by atoms with van der Waals surface area (Å²) in [6.45, 7) is 1.66. The molecule has 0 saturated heterocycles. The fraction of sp³-hybridized carbons (Fsp3) is 0.0870. The number of fused-ring (bicyclic) bond motifs is 1. The zero-order valence-electron chi connectivity index (χ0n) is 16.5. The summed E-state index contributed by atoms with van der Waals surface area (Å²) >= 11 is 1.04. The van der Waals surface area contributed by atoms with Crippen LogP contribution in [0.4, 0.5) is 13.9 Å². The average molecular weight is 452 g/mol. The Labute approximate surface area is 184 Å². The molecule has 1 N–H and O–H groups in total. The van der Waals surface area contributed by atoms with E-state index in [-0.39, 0.29) is 16.5 Å². The van der Waals surface area contributed by atoms with Crippen molar-refractivity contribution in [2.75, 3.05) is 4.90 Å². The minimum absolute atomic E-state index is 0.0443. The number of aromatic nitrogens is 1. The van der Waals surface area contributed by atoms with Crippen LogP contribution in [0.15, 0.2) is 70.3 Å². The lowest BCUT2D eigenvalue weighted by atomic mass is 9.95. The van der Waals surface area contributed by atoms with Crippen LogP contribution in [-0.2, 0) is 4.79 Å². The van der Waals surface area contributed by atoms with Crippen molar-refractivity contribution >= 4 is 38.4 Å². The van der Waals surface area contributed by atoms with Gasteiger partial charge in [0.25, 0.3) is 5.91 Å². The Morgan fingerprint density at radius 1 is 1.09 bits per heavy atom. The predicted octanol–water partition coefficient (Wildman–Crippen LogP) is 5.26. The number of anilines is 1. The zero-order valence-corrected chi connectivity index (χ0v) is 17.3. The smallest absolute Gasteiger partial charge is 0.296 e. The number of nitrogens with zero attached hydrogens (tertiary/aromatic N) is 2. The first kappa shape index (κ1) is 20.1. The van der Waals surface area contributed by atoms with Crippen LogP contribution in [0.5, 0.6) is 0 Å². The summed E-state index contributed by atoms with van der Waals surface area (Å²) in [5.74, 6) is -2.77. The number of halogens is 2. The number of aryl methyl sites for hydroxylation is 1. The number of ketones is 1. The van der Waals surface area contributed by atoms with Crippen molar-refractivity contribution in [3.63, 3.8) is 0 Å². The van der Waals surface area contributed by atoms with Crippen LogP contribution in [0.2, 0.25) is 0 Å². The van der Waals surface area contributed by atoms with Gasteiger partial charge in [-0.25, -0.2) is 13.8 Å². The summed E-state index contributed by atoms with van der Waals surface area (Å²) in [6, 6.07) is 11.2. The van der Waals surface area contributed by atoms with Crippen molar-refractivity contribution in [3.8, 4) is 0 Å². The Hall–Kier alpha value is -3.85. The number of carbonyl (C=O) groups is 2. The van der Waals surface area contributed by atoms with Gasteiger partial charge in [-0.2, -0.15) is 0 Å². The van der Waals surface area contributed by atoms with Crippen LogP contribution in [0.25, 0.3) is 10.2 Å². The summed E-state index contributed by atoms with van der Waals surface area (Å²) in [7, 11) is 0. The fourth-order valence-electron chi connectivity index (χ4n) is 3.67. The summed E-state index contributed by atoms with van der Waals surface area (Å²) in [5.41, 5.74) is 0.639. The van der Waals surface area contributed by atoms with Gasteiger partial charge in [0.1, 0.15) is 17.4 Å². The highest BCUT2D eigenvalue weighted by molar-refractivity contribution is 7.22. The molecule has 2 aromatic heterocycles. The second-order valence-corrected chi connectivity index (χ2v) is 8.25. The quantitative estimate of drug-likeness (QED) is 0.427. The lowest BCUT2D eigenvalue weighted by Gasteiger charge is -2.24. The summed E-state index contributed by atoms with van der Waals surface area (Å²) < 4.78 is 33.1. The molecule has 1 unspecified atom stereocenters. The first-order chi connectivity index (χ1) is 15.3. The molecule has 6 nitrogen and oxygen atoms in total. The molecule has 4 aromatic rings. The largest absolute Gasteiger partial charge is 0.503 e. The van der Waals surface area contributed by atoms with Crippen LogP contribution in [-0.4, -0.2) is 21.8 Å². The Morgan fingerprint density at radius 2 is 1.81 bits per heavy atom. The number of benzene rings is 2. The lowest BCUT2D eigenvalue weighted by molar-refractivity contribution is -0.117. The number of Topliss-reactive ketones (excluding diaryl/α,β-unsaturated/α-hetero) is 1. The van der Waals surface area contributed by atoms with Gasteiger partial charge in [-0.15, -0.1) is 0 Å². The number of rotatable bonds is 4. The Morgan fingerprint density at radius 3 is 2.50 bits per heavy atom. The van der Waals surface area contributed by atoms with Crippen molar-refractivity contribution in [2.24, 2.45) is 0 Å². The molecule has 160 valence electrons. The lowest BCUT2D eigenvalue weighted by Crippen LogP contribution is -2.30. The van der Waals surface area contributed by atoms with Crippen molar-refractivity contribution in [1.82, 2.24) is 4.98 Å². The Balaban J connectivity index is 1.68. The van der Waals surface area contributed by atoms with Gasteiger partial charge in [-0.1, -0.05) is 23.5 Å². The van der Waals surface area contributed by atoms with Crippen molar-refractivity contribution in [2.45, 2.75) is 13.0 Å². The number of aliphatic hydroxyl groups excluding tert-OH is 1. The molecule has 0 radical (unpaired) electrons. The van der Waals surface area contributed by atoms with Gasteiger partial charge in [0.15, 0.2) is 16.7 Å². The van der Waals surface area contributed by atoms with E-state index in [9.17, 15) is 23.5 Å². The molecule has 0 saturated carbocycles. The van der Waals surface area contributed by atoms with Crippen molar-refractivity contribution in [3.05, 3.63) is 94.6 Å². The number of amides is 1. The van der Waals surface area contributed by atoms with Crippen LogP contribution in [0, 0.1) is 18.6 Å². The van der Waals surface area contributed by atoms with E-state index in [1.165, 1.54) is 48.5 Å². The summed E-state index contributed by atoms with van der Waals surface area (Å²) in [6.07, 6.45) is 0. The van der Waals surface area contributed by atoms with Crippen LogP contribution in [0.3, 0.4) is 0 Å². The maximum Gasteiger partial charge on any atom is 0.296 e. The number of aliphatic hydroxyl groups is 1. The third-order valence-electron chi connectivity index (χ3n) is 5.15. The fourth-order valence-corrected chi connectivity index (χ4v) is 4.69. The van der Waals surface area contributed by atoms with Gasteiger partial charge >= 0.3 is 0 Å². The van der Waals surface area contributed by atoms with E-state index < -0.39 is 35.1 Å². The topological polar surface area (TPSA) is 83.6 Å². The van der Waals surface area contributed by atoms with Gasteiger partial charge in [0.2, 0.25) is 5.78 Å². The number of thiazole rings is 1.